The first-order chi connectivity index (χ1) is 14.7. The minimum Gasteiger partial charge on any atom is -0.450 e. The Bertz CT molecular complexity index is 1010. The van der Waals surface area contributed by atoms with E-state index in [4.69, 9.17) is 16.3 Å². The smallest absolute Gasteiger partial charge is 0.410 e. The SMILES string of the molecule is CCOC(=O)N1CC[C@H](Nc2nnc(Cl)c3ccccc23)C[C@@H]1Cc1ccccc1. The first-order valence-corrected chi connectivity index (χ1v) is 10.7. The van der Waals surface area contributed by atoms with Crippen LogP contribution in [-0.2, 0) is 11.2 Å². The summed E-state index contributed by atoms with van der Waals surface area (Å²) in [6, 6.07) is 18.3. The fourth-order valence-corrected chi connectivity index (χ4v) is 4.28. The predicted molar refractivity (Wildman–Crippen MR) is 119 cm³/mol. The maximum Gasteiger partial charge on any atom is 0.410 e. The molecule has 1 aromatic heterocycles. The Hall–Kier alpha value is -2.86. The third kappa shape index (κ3) is 4.49. The van der Waals surface area contributed by atoms with Gasteiger partial charge in [0.05, 0.1) is 6.61 Å². The Balaban J connectivity index is 1.54. The second-order valence-corrected chi connectivity index (χ2v) is 7.84. The number of nitrogens with one attached hydrogen (secondary N) is 1. The second kappa shape index (κ2) is 9.30. The van der Waals surface area contributed by atoms with E-state index in [-0.39, 0.29) is 18.2 Å². The van der Waals surface area contributed by atoms with Crippen molar-refractivity contribution in [3.8, 4) is 0 Å². The fourth-order valence-electron chi connectivity index (χ4n) is 4.08. The molecule has 0 unspecified atom stereocenters. The van der Waals surface area contributed by atoms with Crippen LogP contribution in [0.1, 0.15) is 25.3 Å². The predicted octanol–water partition coefficient (Wildman–Crippen LogP) is 4.93. The van der Waals surface area contributed by atoms with E-state index in [1.165, 1.54) is 5.56 Å². The van der Waals surface area contributed by atoms with Crippen LogP contribution in [0.4, 0.5) is 10.6 Å². The van der Waals surface area contributed by atoms with E-state index in [9.17, 15) is 4.79 Å². The molecule has 0 bridgehead atoms. The molecule has 0 radical (unpaired) electrons. The van der Waals surface area contributed by atoms with E-state index in [0.29, 0.717) is 18.3 Å². The fraction of sp³-hybridized carbons (Fsp3) is 0.348. The molecule has 30 heavy (non-hydrogen) atoms. The Morgan fingerprint density at radius 2 is 1.87 bits per heavy atom. The van der Waals surface area contributed by atoms with Crippen LogP contribution in [0.3, 0.4) is 0 Å². The van der Waals surface area contributed by atoms with Gasteiger partial charge in [0.25, 0.3) is 0 Å². The summed E-state index contributed by atoms with van der Waals surface area (Å²) in [7, 11) is 0. The van der Waals surface area contributed by atoms with Crippen LogP contribution < -0.4 is 5.32 Å². The Labute approximate surface area is 181 Å². The quantitative estimate of drug-likeness (QED) is 0.629. The largest absolute Gasteiger partial charge is 0.450 e. The molecule has 2 atom stereocenters. The van der Waals surface area contributed by atoms with Crippen molar-refractivity contribution < 1.29 is 9.53 Å². The van der Waals surface area contributed by atoms with E-state index < -0.39 is 0 Å². The lowest BCUT2D eigenvalue weighted by molar-refractivity contribution is 0.0746. The molecule has 1 saturated heterocycles. The minimum atomic E-state index is -0.242. The van der Waals surface area contributed by atoms with Crippen molar-refractivity contribution >= 4 is 34.3 Å². The molecule has 0 spiro atoms. The van der Waals surface area contributed by atoms with Gasteiger partial charge in [0.2, 0.25) is 0 Å². The number of likely N-dealkylation sites (tertiary alicyclic amines) is 1. The van der Waals surface area contributed by atoms with Crippen LogP contribution in [0.2, 0.25) is 5.15 Å². The van der Waals surface area contributed by atoms with Gasteiger partial charge in [-0.1, -0.05) is 66.2 Å². The van der Waals surface area contributed by atoms with Crippen molar-refractivity contribution in [2.24, 2.45) is 0 Å². The lowest BCUT2D eigenvalue weighted by Gasteiger charge is -2.39. The highest BCUT2D eigenvalue weighted by atomic mass is 35.5. The molecule has 1 amide bonds. The summed E-state index contributed by atoms with van der Waals surface area (Å²) in [5.74, 6) is 0.725. The van der Waals surface area contributed by atoms with Crippen LogP contribution in [0.25, 0.3) is 10.8 Å². The molecule has 3 aromatic rings. The monoisotopic (exact) mass is 424 g/mol. The van der Waals surface area contributed by atoms with Crippen LogP contribution in [-0.4, -0.2) is 46.4 Å². The molecule has 0 aliphatic carbocycles. The number of piperidine rings is 1. The number of ether oxygens (including phenoxy) is 1. The van der Waals surface area contributed by atoms with E-state index in [2.05, 4.69) is 27.6 Å². The number of hydrogen-bond donors (Lipinski definition) is 1. The molecule has 1 aliphatic heterocycles. The topological polar surface area (TPSA) is 67.3 Å². The first-order valence-electron chi connectivity index (χ1n) is 10.3. The number of anilines is 1. The molecule has 7 heteroatoms. The summed E-state index contributed by atoms with van der Waals surface area (Å²) in [6.07, 6.45) is 2.15. The zero-order valence-corrected chi connectivity index (χ0v) is 17.7. The van der Waals surface area contributed by atoms with Crippen molar-refractivity contribution in [1.82, 2.24) is 15.1 Å². The summed E-state index contributed by atoms with van der Waals surface area (Å²) < 4.78 is 5.30. The Morgan fingerprint density at radius 1 is 1.13 bits per heavy atom. The Morgan fingerprint density at radius 3 is 2.63 bits per heavy atom. The molecule has 1 aliphatic rings. The van der Waals surface area contributed by atoms with Crippen LogP contribution >= 0.6 is 11.6 Å². The standard InChI is InChI=1S/C23H25ClN4O2/c1-2-30-23(29)28-13-12-17(15-18(28)14-16-8-4-3-5-9-16)25-22-20-11-7-6-10-19(20)21(24)26-27-22/h3-11,17-18H,2,12-15H2,1H3,(H,25,27)/t17-,18-/m0/s1. The van der Waals surface area contributed by atoms with E-state index in [1.807, 2.05) is 54.3 Å². The summed E-state index contributed by atoms with van der Waals surface area (Å²) in [5.41, 5.74) is 1.20. The highest BCUT2D eigenvalue weighted by molar-refractivity contribution is 6.34. The number of amides is 1. The van der Waals surface area contributed by atoms with Crippen molar-refractivity contribution in [3.63, 3.8) is 0 Å². The van der Waals surface area contributed by atoms with Crippen LogP contribution in [0, 0.1) is 0 Å². The third-order valence-corrected chi connectivity index (χ3v) is 5.79. The number of halogens is 1. The molecule has 156 valence electrons. The number of benzene rings is 2. The highest BCUT2D eigenvalue weighted by Crippen LogP contribution is 2.29. The molecular formula is C23H25ClN4O2. The van der Waals surface area contributed by atoms with Crippen molar-refractivity contribution in [2.75, 3.05) is 18.5 Å². The molecule has 6 nitrogen and oxygen atoms in total. The molecule has 1 N–H and O–H groups in total. The van der Waals surface area contributed by atoms with E-state index in [1.54, 1.807) is 0 Å². The zero-order valence-electron chi connectivity index (χ0n) is 16.9. The average Bonchev–Trinajstić information content (AvgIpc) is 2.77. The normalized spacial score (nSPS) is 18.9. The van der Waals surface area contributed by atoms with Crippen LogP contribution in [0.5, 0.6) is 0 Å². The zero-order chi connectivity index (χ0) is 20.9. The van der Waals surface area contributed by atoms with Crippen molar-refractivity contribution in [3.05, 3.63) is 65.3 Å². The molecule has 1 fully saturated rings. The van der Waals surface area contributed by atoms with Gasteiger partial charge in [-0.15, -0.1) is 10.2 Å². The summed E-state index contributed by atoms with van der Waals surface area (Å²) in [5, 5.41) is 14.2. The van der Waals surface area contributed by atoms with Gasteiger partial charge in [0.15, 0.2) is 11.0 Å². The number of carbonyl (C=O) groups is 1. The van der Waals surface area contributed by atoms with Gasteiger partial charge in [0, 0.05) is 29.4 Å². The molecular weight excluding hydrogens is 400 g/mol. The number of nitrogens with zero attached hydrogens (tertiary/aromatic N) is 3. The third-order valence-electron chi connectivity index (χ3n) is 5.52. The summed E-state index contributed by atoms with van der Waals surface area (Å²) >= 11 is 6.21. The van der Waals surface area contributed by atoms with Crippen molar-refractivity contribution in [2.45, 2.75) is 38.3 Å². The van der Waals surface area contributed by atoms with Crippen LogP contribution in [0.15, 0.2) is 54.6 Å². The minimum absolute atomic E-state index is 0.0456. The van der Waals surface area contributed by atoms with E-state index >= 15 is 0 Å². The molecule has 2 aromatic carbocycles. The molecule has 2 heterocycles. The van der Waals surface area contributed by atoms with Gasteiger partial charge in [-0.05, 0) is 31.7 Å². The maximum absolute atomic E-state index is 12.5. The Kier molecular flexibility index (Phi) is 6.33. The maximum atomic E-state index is 12.5. The van der Waals surface area contributed by atoms with Gasteiger partial charge in [-0.3, -0.25) is 0 Å². The molecule has 4 rings (SSSR count). The van der Waals surface area contributed by atoms with Gasteiger partial charge in [-0.25, -0.2) is 4.79 Å². The highest BCUT2D eigenvalue weighted by Gasteiger charge is 2.33. The lowest BCUT2D eigenvalue weighted by atomic mass is 9.92. The van der Waals surface area contributed by atoms with Gasteiger partial charge in [0.1, 0.15) is 0 Å². The van der Waals surface area contributed by atoms with Gasteiger partial charge in [-0.2, -0.15) is 0 Å². The van der Waals surface area contributed by atoms with E-state index in [0.717, 1.165) is 35.9 Å². The average molecular weight is 425 g/mol. The van der Waals surface area contributed by atoms with Gasteiger partial charge < -0.3 is 15.0 Å². The number of aromatic nitrogens is 2. The molecule has 0 saturated carbocycles. The number of carbonyl (C=O) groups excluding carboxylic acids is 1. The van der Waals surface area contributed by atoms with Gasteiger partial charge >= 0.3 is 6.09 Å². The lowest BCUT2D eigenvalue weighted by Crippen LogP contribution is -2.50. The number of fused-ring (bicyclic) bond motifs is 1. The first kappa shape index (κ1) is 20.4. The van der Waals surface area contributed by atoms with Crippen molar-refractivity contribution in [1.29, 1.82) is 0 Å². The number of rotatable bonds is 5. The summed E-state index contributed by atoms with van der Waals surface area (Å²) in [4.78, 5) is 14.4. The number of hydrogen-bond acceptors (Lipinski definition) is 5. The summed E-state index contributed by atoms with van der Waals surface area (Å²) in [6.45, 7) is 2.84. The second-order valence-electron chi connectivity index (χ2n) is 7.49.